The van der Waals surface area contributed by atoms with Gasteiger partial charge in [-0.2, -0.15) is 0 Å². The van der Waals surface area contributed by atoms with Gasteiger partial charge in [-0.25, -0.2) is 15.0 Å². The Bertz CT molecular complexity index is 3360. The maximum absolute atomic E-state index is 13.8. The van der Waals surface area contributed by atoms with Gasteiger partial charge in [0.1, 0.15) is 0 Å². The van der Waals surface area contributed by atoms with Crippen LogP contribution in [0.25, 0.3) is 66.5 Å². The van der Waals surface area contributed by atoms with Crippen LogP contribution in [0.15, 0.2) is 164 Å². The van der Waals surface area contributed by atoms with E-state index >= 15 is 0 Å². The van der Waals surface area contributed by atoms with Gasteiger partial charge < -0.3 is 4.74 Å². The molecule has 0 spiro atoms. The first-order valence-electron chi connectivity index (χ1n) is 23.1. The molecule has 5 nitrogen and oxygen atoms in total. The summed E-state index contributed by atoms with van der Waals surface area (Å²) in [5.41, 5.74) is 15.6. The normalized spacial score (nSPS) is 19.8. The second-order valence-corrected chi connectivity index (χ2v) is 18.4. The molecule has 312 valence electrons. The summed E-state index contributed by atoms with van der Waals surface area (Å²) in [5, 5.41) is 3.38. The van der Waals surface area contributed by atoms with Crippen LogP contribution in [0.3, 0.4) is 0 Å². The smallest absolute Gasteiger partial charge is 0.305 e. The maximum atomic E-state index is 13.8. The third-order valence-electron chi connectivity index (χ3n) is 15.0. The van der Waals surface area contributed by atoms with Crippen molar-refractivity contribution in [3.8, 4) is 33.8 Å². The number of hydrogen-bond acceptors (Lipinski definition) is 5. The van der Waals surface area contributed by atoms with Gasteiger partial charge in [0.15, 0.2) is 0 Å². The van der Waals surface area contributed by atoms with E-state index in [1.165, 1.54) is 44.5 Å². The molecule has 3 aromatic heterocycles. The van der Waals surface area contributed by atoms with Gasteiger partial charge in [-0.3, -0.25) is 4.79 Å². The number of esters is 1. The maximum Gasteiger partial charge on any atom is 0.305 e. The average Bonchev–Trinajstić information content (AvgIpc) is 3.86. The van der Waals surface area contributed by atoms with Crippen LogP contribution in [-0.4, -0.2) is 27.5 Å². The van der Waals surface area contributed by atoms with Gasteiger partial charge in [0.05, 0.1) is 40.2 Å². The Hall–Kier alpha value is -6.98. The minimum Gasteiger partial charge on any atom is -0.466 e. The van der Waals surface area contributed by atoms with Gasteiger partial charge in [-0.05, 0) is 102 Å². The van der Waals surface area contributed by atoms with Crippen molar-refractivity contribution in [3.05, 3.63) is 197 Å². The fourth-order valence-electron chi connectivity index (χ4n) is 12.4. The Kier molecular flexibility index (Phi) is 8.95. The Morgan fingerprint density at radius 3 is 1.27 bits per heavy atom. The van der Waals surface area contributed by atoms with E-state index in [1.807, 2.05) is 6.92 Å². The zero-order chi connectivity index (χ0) is 43.0. The molecule has 3 aliphatic rings. The molecule has 6 aromatic carbocycles. The predicted octanol–water partition coefficient (Wildman–Crippen LogP) is 13.8. The zero-order valence-electron chi connectivity index (χ0n) is 36.4. The number of aromatic nitrogens is 3. The summed E-state index contributed by atoms with van der Waals surface area (Å²) in [4.78, 5) is 30.4. The van der Waals surface area contributed by atoms with E-state index in [2.05, 4.69) is 171 Å². The van der Waals surface area contributed by atoms with Crippen LogP contribution >= 0.6 is 0 Å². The highest BCUT2D eigenvalue weighted by molar-refractivity contribution is 5.93. The van der Waals surface area contributed by atoms with Gasteiger partial charge in [0.2, 0.25) is 0 Å². The van der Waals surface area contributed by atoms with Crippen molar-refractivity contribution < 1.29 is 9.53 Å². The lowest BCUT2D eigenvalue weighted by Gasteiger charge is -2.47. The SMILES string of the molecule is CCCC[C@@]1(C[C@@]2(C[C@@]3(CCC(=O)OCC)c4ccccc4-c4nc5ccccc5cc43)c3ccccc3-c3nc4ccccc4cc32)c2ccccc2-c2nc3ccccc3cc21. The molecular weight excluding hydrogens is 783 g/mol. The first kappa shape index (κ1) is 38.7. The highest BCUT2D eigenvalue weighted by Crippen LogP contribution is 2.66. The summed E-state index contributed by atoms with van der Waals surface area (Å²) in [6.45, 7) is 4.55. The molecule has 0 unspecified atom stereocenters. The molecular formula is C59H49N3O2. The molecule has 0 saturated carbocycles. The highest BCUT2D eigenvalue weighted by Gasteiger charge is 2.58. The fraction of sp³-hybridized carbons (Fsp3) is 0.220. The topological polar surface area (TPSA) is 65.0 Å². The van der Waals surface area contributed by atoms with E-state index in [9.17, 15) is 4.79 Å². The third-order valence-corrected chi connectivity index (χ3v) is 15.0. The van der Waals surface area contributed by atoms with Crippen LogP contribution in [0.1, 0.15) is 92.2 Å². The van der Waals surface area contributed by atoms with Crippen molar-refractivity contribution in [1.29, 1.82) is 0 Å². The lowest BCUT2D eigenvalue weighted by Crippen LogP contribution is -2.43. The van der Waals surface area contributed by atoms with E-state index in [0.717, 1.165) is 81.0 Å². The van der Waals surface area contributed by atoms with Crippen molar-refractivity contribution in [3.63, 3.8) is 0 Å². The van der Waals surface area contributed by atoms with Gasteiger partial charge in [-0.1, -0.05) is 147 Å². The number of benzene rings is 6. The minimum absolute atomic E-state index is 0.175. The number of hydrogen-bond donors (Lipinski definition) is 0. The van der Waals surface area contributed by atoms with E-state index in [4.69, 9.17) is 19.7 Å². The molecule has 5 heteroatoms. The van der Waals surface area contributed by atoms with Crippen LogP contribution in [0.4, 0.5) is 0 Å². The Morgan fingerprint density at radius 1 is 0.453 bits per heavy atom. The van der Waals surface area contributed by atoms with Crippen molar-refractivity contribution in [2.75, 3.05) is 6.61 Å². The molecule has 9 aromatic rings. The number of fused-ring (bicyclic) bond motifs is 12. The third kappa shape index (κ3) is 5.62. The standard InChI is InChI=1S/C59H49N3O2/c1-3-5-31-57(44-24-12-9-21-41(44)54-47(57)33-38-18-6-15-27-50(38)60-54)36-59(46-26-14-11-23-43(46)56-49(59)35-40-20-8-17-29-52(40)62-56)37-58(32-30-53(63)64-4-2)45-25-13-10-22-42(45)55-48(58)34-39-19-7-16-28-51(39)61-55/h6-29,33-35H,3-5,30-32,36-37H2,1-2H3/t57-,58+,59-/m1/s1. The Morgan fingerprint density at radius 2 is 0.828 bits per heavy atom. The summed E-state index contributed by atoms with van der Waals surface area (Å²) in [6, 6.07) is 60.0. The first-order chi connectivity index (χ1) is 31.5. The Labute approximate surface area is 374 Å². The second-order valence-electron chi connectivity index (χ2n) is 18.4. The van der Waals surface area contributed by atoms with Gasteiger partial charge in [0, 0.05) is 55.5 Å². The van der Waals surface area contributed by atoms with Gasteiger partial charge >= 0.3 is 5.97 Å². The molecule has 12 rings (SSSR count). The molecule has 0 saturated heterocycles. The molecule has 0 bridgehead atoms. The molecule has 0 N–H and O–H groups in total. The van der Waals surface area contributed by atoms with Crippen molar-refractivity contribution in [2.24, 2.45) is 0 Å². The number of carbonyl (C=O) groups excluding carboxylic acids is 1. The van der Waals surface area contributed by atoms with Gasteiger partial charge in [-0.15, -0.1) is 0 Å². The molecule has 0 fully saturated rings. The summed E-state index contributed by atoms with van der Waals surface area (Å²) < 4.78 is 5.76. The predicted molar refractivity (Wildman–Crippen MR) is 259 cm³/mol. The van der Waals surface area contributed by atoms with Crippen LogP contribution in [-0.2, 0) is 25.8 Å². The monoisotopic (exact) mass is 831 g/mol. The number of ether oxygens (including phenoxy) is 1. The van der Waals surface area contributed by atoms with Crippen molar-refractivity contribution in [2.45, 2.75) is 75.0 Å². The molecule has 0 radical (unpaired) electrons. The average molecular weight is 832 g/mol. The van der Waals surface area contributed by atoms with E-state index < -0.39 is 16.2 Å². The fourth-order valence-corrected chi connectivity index (χ4v) is 12.4. The molecule has 3 atom stereocenters. The van der Waals surface area contributed by atoms with E-state index in [1.54, 1.807) is 0 Å². The number of rotatable bonds is 11. The summed E-state index contributed by atoms with van der Waals surface area (Å²) >= 11 is 0. The van der Waals surface area contributed by atoms with Crippen LogP contribution in [0.2, 0.25) is 0 Å². The highest BCUT2D eigenvalue weighted by atomic mass is 16.5. The number of nitrogens with zero attached hydrogens (tertiary/aromatic N) is 3. The molecule has 3 heterocycles. The summed E-state index contributed by atoms with van der Waals surface area (Å²) in [7, 11) is 0. The van der Waals surface area contributed by atoms with Crippen molar-refractivity contribution >= 4 is 38.7 Å². The number of para-hydroxylation sites is 3. The minimum atomic E-state index is -0.634. The van der Waals surface area contributed by atoms with Crippen molar-refractivity contribution in [1.82, 2.24) is 15.0 Å². The second kappa shape index (κ2) is 14.8. The quantitative estimate of drug-likeness (QED) is 0.121. The van der Waals surface area contributed by atoms with E-state index in [-0.39, 0.29) is 12.4 Å². The number of carbonyl (C=O) groups is 1. The Balaban J connectivity index is 1.20. The lowest BCUT2D eigenvalue weighted by atomic mass is 9.55. The molecule has 64 heavy (non-hydrogen) atoms. The summed E-state index contributed by atoms with van der Waals surface area (Å²) in [5.74, 6) is -0.175. The van der Waals surface area contributed by atoms with Crippen LogP contribution < -0.4 is 0 Å². The molecule has 0 aliphatic heterocycles. The molecule has 0 amide bonds. The first-order valence-corrected chi connectivity index (χ1v) is 23.1. The number of pyridine rings is 3. The van der Waals surface area contributed by atoms with Crippen LogP contribution in [0, 0.1) is 0 Å². The molecule has 3 aliphatic carbocycles. The van der Waals surface area contributed by atoms with Crippen LogP contribution in [0.5, 0.6) is 0 Å². The number of unbranched alkanes of at least 4 members (excludes halogenated alkanes) is 1. The van der Waals surface area contributed by atoms with E-state index in [0.29, 0.717) is 19.4 Å². The zero-order valence-corrected chi connectivity index (χ0v) is 36.4. The van der Waals surface area contributed by atoms with Gasteiger partial charge in [0.25, 0.3) is 0 Å². The lowest BCUT2D eigenvalue weighted by molar-refractivity contribution is -0.143. The largest absolute Gasteiger partial charge is 0.466 e. The summed E-state index contributed by atoms with van der Waals surface area (Å²) in [6.07, 6.45) is 5.40.